The average Bonchev–Trinajstić information content (AvgIpc) is 2.64. The number of nitrogens with two attached hydrogens (primary N) is 1. The van der Waals surface area contributed by atoms with Crippen LogP contribution in [-0.2, 0) is 10.0 Å². The van der Waals surface area contributed by atoms with E-state index in [1.54, 1.807) is 12.1 Å². The third-order valence-corrected chi connectivity index (χ3v) is 3.52. The summed E-state index contributed by atoms with van der Waals surface area (Å²) in [5.41, 5.74) is 0.775. The molecule has 0 aliphatic heterocycles. The van der Waals surface area contributed by atoms with Crippen molar-refractivity contribution in [2.45, 2.75) is 11.8 Å². The van der Waals surface area contributed by atoms with Crippen LogP contribution in [-0.4, -0.2) is 17.8 Å². The summed E-state index contributed by atoms with van der Waals surface area (Å²) in [5.74, 6) is 0.600. The number of hydrogen-bond donors (Lipinski definition) is 1. The summed E-state index contributed by atoms with van der Waals surface area (Å²) in [4.78, 5) is 4.29. The molecule has 2 N–H and O–H groups in total. The summed E-state index contributed by atoms with van der Waals surface area (Å²) in [7, 11) is -3.63. The predicted octanol–water partition coefficient (Wildman–Crippen LogP) is 1.16. The molecule has 1 aromatic carbocycles. The van der Waals surface area contributed by atoms with Crippen LogP contribution in [0.5, 0.6) is 0 Å². The number of aromatic nitrogens is 2. The smallest absolute Gasteiger partial charge is 0.225 e. The second-order valence-electron chi connectivity index (χ2n) is 3.21. The van der Waals surface area contributed by atoms with Gasteiger partial charge in [-0.3, -0.25) is 0 Å². The van der Waals surface area contributed by atoms with Gasteiger partial charge in [0.2, 0.25) is 10.0 Å². The molecule has 7 heteroatoms. The first-order valence-electron chi connectivity index (χ1n) is 4.40. The summed E-state index contributed by atoms with van der Waals surface area (Å²) >= 11 is 1.30. The summed E-state index contributed by atoms with van der Waals surface area (Å²) < 4.78 is 26.2. The third kappa shape index (κ3) is 2.26. The Labute approximate surface area is 97.2 Å². The molecule has 2 aromatic rings. The van der Waals surface area contributed by atoms with Gasteiger partial charge >= 0.3 is 0 Å². The van der Waals surface area contributed by atoms with Gasteiger partial charge in [-0.05, 0) is 42.7 Å². The number of sulfonamides is 1. The highest BCUT2D eigenvalue weighted by Gasteiger charge is 2.09. The minimum atomic E-state index is -3.63. The molecule has 0 atom stereocenters. The second-order valence-corrected chi connectivity index (χ2v) is 5.72. The third-order valence-electron chi connectivity index (χ3n) is 1.97. The van der Waals surface area contributed by atoms with Crippen LogP contribution in [0.15, 0.2) is 29.2 Å². The van der Waals surface area contributed by atoms with Crippen molar-refractivity contribution in [1.29, 1.82) is 0 Å². The fraction of sp³-hybridized carbons (Fsp3) is 0.111. The van der Waals surface area contributed by atoms with E-state index < -0.39 is 10.0 Å². The summed E-state index contributed by atoms with van der Waals surface area (Å²) in [6, 6.07) is 6.17. The predicted molar refractivity (Wildman–Crippen MR) is 61.5 cm³/mol. The average molecular weight is 255 g/mol. The largest absolute Gasteiger partial charge is 0.238 e. The van der Waals surface area contributed by atoms with Gasteiger partial charge < -0.3 is 0 Å². The Morgan fingerprint density at radius 3 is 2.31 bits per heavy atom. The Bertz CT molecular complexity index is 602. The second kappa shape index (κ2) is 3.93. The van der Waals surface area contributed by atoms with Crippen LogP contribution in [0, 0.1) is 6.92 Å². The van der Waals surface area contributed by atoms with Gasteiger partial charge in [-0.2, -0.15) is 4.37 Å². The van der Waals surface area contributed by atoms with E-state index in [9.17, 15) is 8.42 Å². The maximum atomic E-state index is 11.0. The molecule has 84 valence electrons. The van der Waals surface area contributed by atoms with E-state index in [0.29, 0.717) is 5.82 Å². The molecular formula is C9H9N3O2S2. The standard InChI is InChI=1S/C9H9N3O2S2/c1-6-11-9(12-15-6)7-2-4-8(5-3-7)16(10,13)14/h2-5H,1H3,(H2,10,13,14). The van der Waals surface area contributed by atoms with Crippen molar-refractivity contribution in [2.24, 2.45) is 5.14 Å². The van der Waals surface area contributed by atoms with Crippen molar-refractivity contribution in [1.82, 2.24) is 9.36 Å². The number of aryl methyl sites for hydroxylation is 1. The summed E-state index contributed by atoms with van der Waals surface area (Å²) in [6.45, 7) is 1.86. The van der Waals surface area contributed by atoms with E-state index in [-0.39, 0.29) is 4.90 Å². The van der Waals surface area contributed by atoms with Crippen LogP contribution in [0.25, 0.3) is 11.4 Å². The maximum Gasteiger partial charge on any atom is 0.238 e. The highest BCUT2D eigenvalue weighted by molar-refractivity contribution is 7.89. The fourth-order valence-electron chi connectivity index (χ4n) is 1.21. The van der Waals surface area contributed by atoms with Gasteiger partial charge in [-0.1, -0.05) is 0 Å². The lowest BCUT2D eigenvalue weighted by Crippen LogP contribution is -2.11. The molecule has 1 aromatic heterocycles. The van der Waals surface area contributed by atoms with Gasteiger partial charge in [0.25, 0.3) is 0 Å². The zero-order chi connectivity index (χ0) is 11.8. The molecule has 2 rings (SSSR count). The van der Waals surface area contributed by atoms with Gasteiger partial charge in [0.05, 0.1) is 4.90 Å². The molecular weight excluding hydrogens is 246 g/mol. The number of benzene rings is 1. The van der Waals surface area contributed by atoms with Crippen molar-refractivity contribution in [3.8, 4) is 11.4 Å². The Hall–Kier alpha value is -1.31. The molecule has 0 saturated carbocycles. The molecule has 0 bridgehead atoms. The SMILES string of the molecule is Cc1nc(-c2ccc(S(N)(=O)=O)cc2)ns1. The summed E-state index contributed by atoms with van der Waals surface area (Å²) in [5, 5.41) is 5.86. The Morgan fingerprint density at radius 2 is 1.88 bits per heavy atom. The van der Waals surface area contributed by atoms with Crippen LogP contribution in [0.3, 0.4) is 0 Å². The van der Waals surface area contributed by atoms with Gasteiger partial charge in [0, 0.05) is 5.56 Å². The number of rotatable bonds is 2. The van der Waals surface area contributed by atoms with Gasteiger partial charge in [0.15, 0.2) is 5.82 Å². The van der Waals surface area contributed by atoms with E-state index in [2.05, 4.69) is 9.36 Å². The minimum absolute atomic E-state index is 0.0863. The van der Waals surface area contributed by atoms with Crippen molar-refractivity contribution >= 4 is 21.6 Å². The Kier molecular flexibility index (Phi) is 2.75. The maximum absolute atomic E-state index is 11.0. The van der Waals surface area contributed by atoms with Gasteiger partial charge in [-0.15, -0.1) is 0 Å². The first kappa shape index (κ1) is 11.2. The Morgan fingerprint density at radius 1 is 1.25 bits per heavy atom. The van der Waals surface area contributed by atoms with E-state index >= 15 is 0 Å². The number of hydrogen-bond acceptors (Lipinski definition) is 5. The molecule has 0 saturated heterocycles. The highest BCUT2D eigenvalue weighted by atomic mass is 32.2. The monoisotopic (exact) mass is 255 g/mol. The first-order valence-corrected chi connectivity index (χ1v) is 6.72. The van der Waals surface area contributed by atoms with Gasteiger partial charge in [-0.25, -0.2) is 18.5 Å². The molecule has 0 spiro atoms. The molecule has 1 heterocycles. The van der Waals surface area contributed by atoms with E-state index in [4.69, 9.17) is 5.14 Å². The molecule has 0 aliphatic carbocycles. The molecule has 0 radical (unpaired) electrons. The van der Waals surface area contributed by atoms with E-state index in [0.717, 1.165) is 10.6 Å². The van der Waals surface area contributed by atoms with Crippen molar-refractivity contribution < 1.29 is 8.42 Å². The summed E-state index contributed by atoms with van der Waals surface area (Å²) in [6.07, 6.45) is 0. The molecule has 5 nitrogen and oxygen atoms in total. The van der Waals surface area contributed by atoms with Crippen LogP contribution >= 0.6 is 11.5 Å². The Balaban J connectivity index is 2.40. The molecule has 0 aliphatic rings. The van der Waals surface area contributed by atoms with Crippen molar-refractivity contribution in [3.63, 3.8) is 0 Å². The topological polar surface area (TPSA) is 85.9 Å². The molecule has 0 unspecified atom stereocenters. The fourth-order valence-corrected chi connectivity index (χ4v) is 2.22. The van der Waals surface area contributed by atoms with Crippen LogP contribution in [0.2, 0.25) is 0 Å². The molecule has 0 fully saturated rings. The lowest BCUT2D eigenvalue weighted by Gasteiger charge is -1.98. The normalized spacial score (nSPS) is 11.6. The van der Waals surface area contributed by atoms with Crippen LogP contribution < -0.4 is 5.14 Å². The number of primary sulfonamides is 1. The molecule has 16 heavy (non-hydrogen) atoms. The lowest BCUT2D eigenvalue weighted by molar-refractivity contribution is 0.598. The number of nitrogens with zero attached hydrogens (tertiary/aromatic N) is 2. The minimum Gasteiger partial charge on any atom is -0.225 e. The quantitative estimate of drug-likeness (QED) is 0.872. The highest BCUT2D eigenvalue weighted by Crippen LogP contribution is 2.19. The van der Waals surface area contributed by atoms with Crippen molar-refractivity contribution in [3.05, 3.63) is 29.3 Å². The lowest BCUT2D eigenvalue weighted by atomic mass is 10.2. The van der Waals surface area contributed by atoms with Crippen molar-refractivity contribution in [2.75, 3.05) is 0 Å². The van der Waals surface area contributed by atoms with Gasteiger partial charge in [0.1, 0.15) is 5.01 Å². The first-order chi connectivity index (χ1) is 7.47. The molecule has 0 amide bonds. The van der Waals surface area contributed by atoms with E-state index in [1.807, 2.05) is 6.92 Å². The van der Waals surface area contributed by atoms with Crippen LogP contribution in [0.4, 0.5) is 0 Å². The zero-order valence-corrected chi connectivity index (χ0v) is 10.0. The van der Waals surface area contributed by atoms with E-state index in [1.165, 1.54) is 23.7 Å². The zero-order valence-electron chi connectivity index (χ0n) is 8.41. The van der Waals surface area contributed by atoms with Crippen LogP contribution in [0.1, 0.15) is 5.01 Å².